The van der Waals surface area contributed by atoms with Crippen LogP contribution in [0.25, 0.3) is 0 Å². The lowest BCUT2D eigenvalue weighted by molar-refractivity contribution is -0.124. The Kier molecular flexibility index (Phi) is 4.70. The monoisotopic (exact) mass is 301 g/mol. The Morgan fingerprint density at radius 2 is 2.00 bits per heavy atom. The number of benzene rings is 1. The third kappa shape index (κ3) is 3.45. The topological polar surface area (TPSA) is 38.3 Å². The van der Waals surface area contributed by atoms with Gasteiger partial charge in [0.1, 0.15) is 5.75 Å². The molecule has 0 aromatic heterocycles. The van der Waals surface area contributed by atoms with Crippen LogP contribution in [-0.4, -0.2) is 18.6 Å². The Bertz CT molecular complexity index is 540. The summed E-state index contributed by atoms with van der Waals surface area (Å²) in [6, 6.07) is 6.53. The average molecular weight is 301 g/mol. The van der Waals surface area contributed by atoms with Gasteiger partial charge < -0.3 is 10.1 Å². The van der Waals surface area contributed by atoms with Crippen LogP contribution >= 0.6 is 0 Å². The Morgan fingerprint density at radius 1 is 1.18 bits per heavy atom. The summed E-state index contributed by atoms with van der Waals surface area (Å²) in [4.78, 5) is 12.1. The number of hydrogen-bond donors (Lipinski definition) is 1. The van der Waals surface area contributed by atoms with E-state index in [1.54, 1.807) is 0 Å². The zero-order chi connectivity index (χ0) is 15.5. The molecule has 3 rings (SSSR count). The maximum atomic E-state index is 12.1. The molecular weight excluding hydrogens is 274 g/mol. The number of aryl methyl sites for hydroxylation is 2. The van der Waals surface area contributed by atoms with Gasteiger partial charge in [0.2, 0.25) is 0 Å². The number of fused-ring (bicyclic) bond motifs is 1. The summed E-state index contributed by atoms with van der Waals surface area (Å²) in [5, 5.41) is 3.16. The van der Waals surface area contributed by atoms with Gasteiger partial charge in [-0.15, -0.1) is 0 Å². The molecule has 2 aliphatic carbocycles. The first kappa shape index (κ1) is 15.4. The molecule has 2 aliphatic rings. The highest BCUT2D eigenvalue weighted by molar-refractivity contribution is 5.77. The van der Waals surface area contributed by atoms with Crippen LogP contribution in [0.15, 0.2) is 18.2 Å². The molecule has 22 heavy (non-hydrogen) atoms. The molecule has 1 amide bonds. The van der Waals surface area contributed by atoms with E-state index in [1.807, 2.05) is 6.07 Å². The lowest BCUT2D eigenvalue weighted by atomic mass is 9.78. The summed E-state index contributed by atoms with van der Waals surface area (Å²) in [5.74, 6) is 2.07. The van der Waals surface area contributed by atoms with E-state index in [0.29, 0.717) is 17.9 Å². The second-order valence-corrected chi connectivity index (χ2v) is 7.01. The zero-order valence-corrected chi connectivity index (χ0v) is 13.7. The van der Waals surface area contributed by atoms with Crippen molar-refractivity contribution in [3.8, 4) is 5.75 Å². The Hall–Kier alpha value is -1.51. The minimum atomic E-state index is 0.00597. The molecule has 1 fully saturated rings. The Morgan fingerprint density at radius 3 is 2.86 bits per heavy atom. The van der Waals surface area contributed by atoms with E-state index in [-0.39, 0.29) is 12.5 Å². The summed E-state index contributed by atoms with van der Waals surface area (Å²) in [7, 11) is 0. The van der Waals surface area contributed by atoms with Gasteiger partial charge in [0, 0.05) is 6.04 Å². The number of carbonyl (C=O) groups excluding carboxylic acids is 1. The number of ether oxygens (including phenoxy) is 1. The molecular formula is C19H27NO2. The molecule has 0 saturated heterocycles. The lowest BCUT2D eigenvalue weighted by Gasteiger charge is -2.34. The van der Waals surface area contributed by atoms with Crippen molar-refractivity contribution >= 4 is 5.91 Å². The average Bonchev–Trinajstić information content (AvgIpc) is 2.97. The summed E-state index contributed by atoms with van der Waals surface area (Å²) in [6.07, 6.45) is 7.12. The van der Waals surface area contributed by atoms with Gasteiger partial charge in [-0.25, -0.2) is 0 Å². The molecule has 0 bridgehead atoms. The number of nitrogens with one attached hydrogen (secondary N) is 1. The molecule has 0 spiro atoms. The fourth-order valence-corrected chi connectivity index (χ4v) is 3.82. The molecule has 120 valence electrons. The standard InChI is InChI=1S/C19H27NO2/c1-13-5-3-8-18(14(13)2)20-19(21)12-22-17-10-9-15-6-4-7-16(15)11-17/h9-11,13-14,18H,3-8,12H2,1-2H3,(H,20,21)/t13-,14+,18-/m0/s1. The number of hydrogen-bond acceptors (Lipinski definition) is 2. The highest BCUT2D eigenvalue weighted by Crippen LogP contribution is 2.29. The first-order valence-electron chi connectivity index (χ1n) is 8.67. The molecule has 0 heterocycles. The maximum absolute atomic E-state index is 12.1. The van der Waals surface area contributed by atoms with Crippen LogP contribution in [0.1, 0.15) is 50.7 Å². The molecule has 0 unspecified atom stereocenters. The third-order valence-electron chi connectivity index (χ3n) is 5.49. The smallest absolute Gasteiger partial charge is 0.258 e. The zero-order valence-electron chi connectivity index (χ0n) is 13.7. The van der Waals surface area contributed by atoms with Crippen LogP contribution in [-0.2, 0) is 17.6 Å². The minimum absolute atomic E-state index is 0.00597. The summed E-state index contributed by atoms with van der Waals surface area (Å²) in [6.45, 7) is 4.65. The molecule has 0 aliphatic heterocycles. The van der Waals surface area contributed by atoms with Crippen LogP contribution in [0.2, 0.25) is 0 Å². The van der Waals surface area contributed by atoms with E-state index in [9.17, 15) is 4.79 Å². The maximum Gasteiger partial charge on any atom is 0.258 e. The molecule has 1 aromatic carbocycles. The van der Waals surface area contributed by atoms with Crippen molar-refractivity contribution in [2.24, 2.45) is 11.8 Å². The normalized spacial score (nSPS) is 27.3. The lowest BCUT2D eigenvalue weighted by Crippen LogP contribution is -2.45. The van der Waals surface area contributed by atoms with E-state index in [1.165, 1.54) is 36.8 Å². The van der Waals surface area contributed by atoms with E-state index in [4.69, 9.17) is 4.74 Å². The van der Waals surface area contributed by atoms with Gasteiger partial charge in [-0.2, -0.15) is 0 Å². The van der Waals surface area contributed by atoms with Gasteiger partial charge in [-0.05, 0) is 60.8 Å². The molecule has 1 N–H and O–H groups in total. The van der Waals surface area contributed by atoms with Crippen molar-refractivity contribution in [2.45, 2.75) is 58.4 Å². The highest BCUT2D eigenvalue weighted by Gasteiger charge is 2.28. The summed E-state index contributed by atoms with van der Waals surface area (Å²) < 4.78 is 5.68. The van der Waals surface area contributed by atoms with Crippen molar-refractivity contribution < 1.29 is 9.53 Å². The van der Waals surface area contributed by atoms with Gasteiger partial charge in [-0.3, -0.25) is 4.79 Å². The van der Waals surface area contributed by atoms with E-state index < -0.39 is 0 Å². The fraction of sp³-hybridized carbons (Fsp3) is 0.632. The minimum Gasteiger partial charge on any atom is -0.484 e. The highest BCUT2D eigenvalue weighted by atomic mass is 16.5. The van der Waals surface area contributed by atoms with Crippen molar-refractivity contribution in [3.63, 3.8) is 0 Å². The second-order valence-electron chi connectivity index (χ2n) is 7.01. The second kappa shape index (κ2) is 6.72. The van der Waals surface area contributed by atoms with Gasteiger partial charge >= 0.3 is 0 Å². The van der Waals surface area contributed by atoms with Gasteiger partial charge in [0.15, 0.2) is 6.61 Å². The Balaban J connectivity index is 1.50. The molecule has 1 saturated carbocycles. The van der Waals surface area contributed by atoms with Gasteiger partial charge in [0.05, 0.1) is 0 Å². The molecule has 3 heteroatoms. The predicted molar refractivity (Wildman–Crippen MR) is 88.1 cm³/mol. The van der Waals surface area contributed by atoms with Crippen molar-refractivity contribution in [3.05, 3.63) is 29.3 Å². The molecule has 3 nitrogen and oxygen atoms in total. The van der Waals surface area contributed by atoms with Gasteiger partial charge in [-0.1, -0.05) is 32.8 Å². The quantitative estimate of drug-likeness (QED) is 0.924. The van der Waals surface area contributed by atoms with Gasteiger partial charge in [0.25, 0.3) is 5.91 Å². The summed E-state index contributed by atoms with van der Waals surface area (Å²) >= 11 is 0. The van der Waals surface area contributed by atoms with E-state index in [2.05, 4.69) is 31.3 Å². The SMILES string of the molecule is C[C@H]1[C@@H](NC(=O)COc2ccc3c(c2)CCC3)CCC[C@@H]1C. The fourth-order valence-electron chi connectivity index (χ4n) is 3.82. The van der Waals surface area contributed by atoms with Crippen LogP contribution in [0.3, 0.4) is 0 Å². The molecule has 1 aromatic rings. The first-order chi connectivity index (χ1) is 10.6. The number of amides is 1. The van der Waals surface area contributed by atoms with Crippen molar-refractivity contribution in [2.75, 3.05) is 6.61 Å². The number of rotatable bonds is 4. The summed E-state index contributed by atoms with van der Waals surface area (Å²) in [5.41, 5.74) is 2.81. The largest absolute Gasteiger partial charge is 0.484 e. The van der Waals surface area contributed by atoms with Crippen molar-refractivity contribution in [1.82, 2.24) is 5.32 Å². The number of carbonyl (C=O) groups is 1. The van der Waals surface area contributed by atoms with Crippen LogP contribution in [0, 0.1) is 11.8 Å². The van der Waals surface area contributed by atoms with Crippen molar-refractivity contribution in [1.29, 1.82) is 0 Å². The van der Waals surface area contributed by atoms with Crippen LogP contribution < -0.4 is 10.1 Å². The molecule has 3 atom stereocenters. The predicted octanol–water partition coefficient (Wildman–Crippen LogP) is 3.50. The first-order valence-corrected chi connectivity index (χ1v) is 8.67. The van der Waals surface area contributed by atoms with E-state index >= 15 is 0 Å². The Labute approximate surface area is 133 Å². The van der Waals surface area contributed by atoms with Crippen LogP contribution in [0.4, 0.5) is 0 Å². The third-order valence-corrected chi connectivity index (χ3v) is 5.49. The van der Waals surface area contributed by atoms with Crippen LogP contribution in [0.5, 0.6) is 5.75 Å². The molecule has 0 radical (unpaired) electrons. The van der Waals surface area contributed by atoms with E-state index in [0.717, 1.165) is 18.6 Å².